The smallest absolute Gasteiger partial charge is 0.236 e. The zero-order valence-electron chi connectivity index (χ0n) is 17.1. The first-order valence-electron chi connectivity index (χ1n) is 9.40. The third kappa shape index (κ3) is 6.98. The Labute approximate surface area is 171 Å². The second-order valence-electron chi connectivity index (χ2n) is 6.97. The summed E-state index contributed by atoms with van der Waals surface area (Å²) in [6.45, 7) is 4.14. The molecule has 0 radical (unpaired) electrons. The molecule has 2 rings (SSSR count). The van der Waals surface area contributed by atoms with E-state index in [0.717, 1.165) is 16.1 Å². The van der Waals surface area contributed by atoms with Gasteiger partial charge in [0, 0.05) is 38.3 Å². The van der Waals surface area contributed by atoms with E-state index in [0.29, 0.717) is 19.6 Å². The minimum Gasteiger partial charge on any atom is -0.378 e. The van der Waals surface area contributed by atoms with Crippen molar-refractivity contribution in [1.82, 2.24) is 15.1 Å². The Bertz CT molecular complexity index is 744. The quantitative estimate of drug-likeness (QED) is 0.663. The summed E-state index contributed by atoms with van der Waals surface area (Å²) < 4.78 is 0. The van der Waals surface area contributed by atoms with Crippen LogP contribution in [0.15, 0.2) is 41.8 Å². The molecule has 0 aliphatic rings. The summed E-state index contributed by atoms with van der Waals surface area (Å²) in [5.41, 5.74) is 2.21. The molecule has 1 aromatic heterocycles. The average molecular weight is 403 g/mol. The highest BCUT2D eigenvalue weighted by Gasteiger charge is 2.16. The number of amides is 2. The second kappa shape index (κ2) is 10.8. The van der Waals surface area contributed by atoms with Crippen molar-refractivity contribution in [3.05, 3.63) is 52.2 Å². The van der Waals surface area contributed by atoms with Crippen molar-refractivity contribution in [2.24, 2.45) is 0 Å². The largest absolute Gasteiger partial charge is 0.378 e. The summed E-state index contributed by atoms with van der Waals surface area (Å²) in [6, 6.07) is 12.1. The molecule has 1 N–H and O–H groups in total. The number of likely N-dealkylation sites (N-methyl/N-ethyl adjacent to an activating group) is 2. The molecule has 0 spiro atoms. The van der Waals surface area contributed by atoms with Gasteiger partial charge < -0.3 is 15.1 Å². The topological polar surface area (TPSA) is 55.9 Å². The van der Waals surface area contributed by atoms with Crippen LogP contribution in [0.2, 0.25) is 0 Å². The lowest BCUT2D eigenvalue weighted by atomic mass is 10.2. The fraction of sp³-hybridized carbons (Fsp3) is 0.429. The molecule has 0 atom stereocenters. The van der Waals surface area contributed by atoms with E-state index in [1.165, 1.54) is 0 Å². The molecule has 6 nitrogen and oxygen atoms in total. The van der Waals surface area contributed by atoms with Gasteiger partial charge in [0.1, 0.15) is 0 Å². The molecule has 0 bridgehead atoms. The minimum atomic E-state index is -0.0648. The molecule has 0 aliphatic heterocycles. The molecule has 1 heterocycles. The summed E-state index contributed by atoms with van der Waals surface area (Å²) in [5.74, 6) is -0.0606. The van der Waals surface area contributed by atoms with E-state index >= 15 is 0 Å². The number of anilines is 1. The molecule has 0 saturated carbocycles. The van der Waals surface area contributed by atoms with Crippen molar-refractivity contribution in [2.75, 3.05) is 45.7 Å². The van der Waals surface area contributed by atoms with Gasteiger partial charge in [0.2, 0.25) is 11.8 Å². The highest BCUT2D eigenvalue weighted by Crippen LogP contribution is 2.13. The first-order chi connectivity index (χ1) is 13.4. The van der Waals surface area contributed by atoms with E-state index < -0.39 is 0 Å². The van der Waals surface area contributed by atoms with Gasteiger partial charge in [-0.05, 0) is 35.7 Å². The Morgan fingerprint density at radius 1 is 1.04 bits per heavy atom. The predicted molar refractivity (Wildman–Crippen MR) is 116 cm³/mol. The van der Waals surface area contributed by atoms with Crippen molar-refractivity contribution in [1.29, 1.82) is 0 Å². The van der Waals surface area contributed by atoms with Crippen molar-refractivity contribution in [3.8, 4) is 0 Å². The number of hydrogen-bond acceptors (Lipinski definition) is 5. The normalized spacial score (nSPS) is 10.8. The van der Waals surface area contributed by atoms with E-state index in [2.05, 4.69) is 5.32 Å². The van der Waals surface area contributed by atoms with E-state index in [4.69, 9.17) is 0 Å². The van der Waals surface area contributed by atoms with E-state index in [9.17, 15) is 9.59 Å². The standard InChI is InChI=1S/C21H30N4O2S/c1-5-25(15-20(26)22-13-19-7-6-12-28-19)16-21(27)24(4)14-17-8-10-18(11-9-17)23(2)3/h6-12H,5,13-16H2,1-4H3,(H,22,26). The number of carbonyl (C=O) groups excluding carboxylic acids is 2. The van der Waals surface area contributed by atoms with Gasteiger partial charge in [0.05, 0.1) is 19.6 Å². The summed E-state index contributed by atoms with van der Waals surface area (Å²) in [4.78, 5) is 31.4. The van der Waals surface area contributed by atoms with Crippen molar-refractivity contribution < 1.29 is 9.59 Å². The van der Waals surface area contributed by atoms with Crippen LogP contribution < -0.4 is 10.2 Å². The zero-order valence-corrected chi connectivity index (χ0v) is 18.0. The fourth-order valence-corrected chi connectivity index (χ4v) is 3.36. The number of thiophene rings is 1. The highest BCUT2D eigenvalue weighted by atomic mass is 32.1. The molecular weight excluding hydrogens is 372 g/mol. The molecule has 2 amide bonds. The Hall–Kier alpha value is -2.38. The summed E-state index contributed by atoms with van der Waals surface area (Å²) in [7, 11) is 5.80. The molecule has 0 fully saturated rings. The van der Waals surface area contributed by atoms with E-state index in [1.54, 1.807) is 23.3 Å². The SMILES string of the molecule is CCN(CC(=O)NCc1cccs1)CC(=O)N(C)Cc1ccc(N(C)C)cc1. The van der Waals surface area contributed by atoms with Crippen molar-refractivity contribution in [2.45, 2.75) is 20.0 Å². The number of benzene rings is 1. The van der Waals surface area contributed by atoms with Crippen LogP contribution in [0.1, 0.15) is 17.4 Å². The molecule has 0 aliphatic carbocycles. The van der Waals surface area contributed by atoms with Gasteiger partial charge >= 0.3 is 0 Å². The van der Waals surface area contributed by atoms with Gasteiger partial charge in [-0.25, -0.2) is 0 Å². The van der Waals surface area contributed by atoms with Gasteiger partial charge in [0.15, 0.2) is 0 Å². The molecular formula is C21H30N4O2S. The van der Waals surface area contributed by atoms with Crippen LogP contribution in [-0.2, 0) is 22.7 Å². The van der Waals surface area contributed by atoms with Crippen LogP contribution >= 0.6 is 11.3 Å². The molecule has 0 saturated heterocycles. The first kappa shape index (κ1) is 21.9. The summed E-state index contributed by atoms with van der Waals surface area (Å²) in [6.07, 6.45) is 0. The van der Waals surface area contributed by atoms with Crippen LogP contribution in [0, 0.1) is 0 Å². The van der Waals surface area contributed by atoms with Gasteiger partial charge in [-0.3, -0.25) is 14.5 Å². The van der Waals surface area contributed by atoms with E-state index in [-0.39, 0.29) is 24.9 Å². The molecule has 0 unspecified atom stereocenters. The van der Waals surface area contributed by atoms with E-state index in [1.807, 2.05) is 72.6 Å². The lowest BCUT2D eigenvalue weighted by Gasteiger charge is -2.24. The second-order valence-corrected chi connectivity index (χ2v) is 8.00. The average Bonchev–Trinajstić information content (AvgIpc) is 3.19. The van der Waals surface area contributed by atoms with Crippen LogP contribution in [0.4, 0.5) is 5.69 Å². The Morgan fingerprint density at radius 2 is 1.75 bits per heavy atom. The van der Waals surface area contributed by atoms with Crippen LogP contribution in [0.5, 0.6) is 0 Å². The maximum absolute atomic E-state index is 12.6. The van der Waals surface area contributed by atoms with Crippen LogP contribution in [-0.4, -0.2) is 62.4 Å². The molecule has 7 heteroatoms. The molecule has 28 heavy (non-hydrogen) atoms. The zero-order chi connectivity index (χ0) is 20.5. The monoisotopic (exact) mass is 402 g/mol. The first-order valence-corrected chi connectivity index (χ1v) is 10.3. The number of hydrogen-bond donors (Lipinski definition) is 1. The summed E-state index contributed by atoms with van der Waals surface area (Å²) in [5, 5.41) is 4.90. The summed E-state index contributed by atoms with van der Waals surface area (Å²) >= 11 is 1.62. The number of rotatable bonds is 10. The molecule has 2 aromatic rings. The Kier molecular flexibility index (Phi) is 8.47. The van der Waals surface area contributed by atoms with Crippen molar-refractivity contribution >= 4 is 28.8 Å². The van der Waals surface area contributed by atoms with Gasteiger partial charge in [-0.15, -0.1) is 11.3 Å². The lowest BCUT2D eigenvalue weighted by molar-refractivity contribution is -0.132. The lowest BCUT2D eigenvalue weighted by Crippen LogP contribution is -2.43. The van der Waals surface area contributed by atoms with Gasteiger partial charge in [-0.1, -0.05) is 25.1 Å². The number of nitrogens with zero attached hydrogens (tertiary/aromatic N) is 3. The van der Waals surface area contributed by atoms with Gasteiger partial charge in [0.25, 0.3) is 0 Å². The number of nitrogens with one attached hydrogen (secondary N) is 1. The maximum Gasteiger partial charge on any atom is 0.236 e. The van der Waals surface area contributed by atoms with Crippen LogP contribution in [0.25, 0.3) is 0 Å². The van der Waals surface area contributed by atoms with Gasteiger partial charge in [-0.2, -0.15) is 0 Å². The maximum atomic E-state index is 12.6. The minimum absolute atomic E-state index is 0.00425. The fourth-order valence-electron chi connectivity index (χ4n) is 2.71. The Balaban J connectivity index is 1.80. The van der Waals surface area contributed by atoms with Crippen molar-refractivity contribution in [3.63, 3.8) is 0 Å². The molecule has 1 aromatic carbocycles. The molecule has 152 valence electrons. The number of carbonyl (C=O) groups is 2. The third-order valence-corrected chi connectivity index (χ3v) is 5.39. The predicted octanol–water partition coefficient (Wildman–Crippen LogP) is 2.41. The highest BCUT2D eigenvalue weighted by molar-refractivity contribution is 7.09. The Morgan fingerprint density at radius 3 is 2.32 bits per heavy atom. The third-order valence-electron chi connectivity index (χ3n) is 4.51. The van der Waals surface area contributed by atoms with Crippen LogP contribution in [0.3, 0.4) is 0 Å².